The first-order valence-corrected chi connectivity index (χ1v) is 2.94. The first-order chi connectivity index (χ1) is 5.24. The van der Waals surface area contributed by atoms with Crippen molar-refractivity contribution in [1.29, 1.82) is 0 Å². The lowest BCUT2D eigenvalue weighted by Gasteiger charge is -1.89. The van der Waals surface area contributed by atoms with Gasteiger partial charge in [-0.1, -0.05) is 0 Å². The Morgan fingerprint density at radius 3 is 3.00 bits per heavy atom. The minimum Gasteiger partial charge on any atom is -0.475 e. The van der Waals surface area contributed by atoms with Crippen LogP contribution >= 0.6 is 0 Å². The first-order valence-electron chi connectivity index (χ1n) is 2.94. The van der Waals surface area contributed by atoms with Crippen LogP contribution in [0.15, 0.2) is 4.52 Å². The van der Waals surface area contributed by atoms with Gasteiger partial charge in [0.1, 0.15) is 0 Å². The molecule has 0 amide bonds. The largest absolute Gasteiger partial charge is 0.475 e. The molecule has 0 spiro atoms. The summed E-state index contributed by atoms with van der Waals surface area (Å²) in [6, 6.07) is 0. The molecule has 0 aliphatic carbocycles. The van der Waals surface area contributed by atoms with E-state index in [1.54, 1.807) is 6.92 Å². The predicted molar refractivity (Wildman–Crippen MR) is 32.4 cm³/mol. The summed E-state index contributed by atoms with van der Waals surface area (Å²) < 4.78 is 9.14. The van der Waals surface area contributed by atoms with Gasteiger partial charge in [-0.2, -0.15) is 0 Å². The molecule has 0 bridgehead atoms. The monoisotopic (exact) mass is 158 g/mol. The SMILES string of the molecule is CCOc1nc(C(=O)O)no1. The molecule has 60 valence electrons. The normalized spacial score (nSPS) is 9.55. The van der Waals surface area contributed by atoms with Crippen molar-refractivity contribution < 1.29 is 19.2 Å². The van der Waals surface area contributed by atoms with Crippen LogP contribution in [-0.2, 0) is 0 Å². The Kier molecular flexibility index (Phi) is 2.05. The van der Waals surface area contributed by atoms with Gasteiger partial charge in [0, 0.05) is 0 Å². The number of rotatable bonds is 3. The molecule has 0 aliphatic rings. The number of hydrogen-bond donors (Lipinski definition) is 1. The lowest BCUT2D eigenvalue weighted by Crippen LogP contribution is -1.98. The van der Waals surface area contributed by atoms with E-state index in [9.17, 15) is 4.79 Å². The molecule has 1 aromatic rings. The molecule has 0 saturated carbocycles. The summed E-state index contributed by atoms with van der Waals surface area (Å²) >= 11 is 0. The van der Waals surface area contributed by atoms with E-state index in [0.717, 1.165) is 0 Å². The van der Waals surface area contributed by atoms with Gasteiger partial charge in [-0.3, -0.25) is 4.52 Å². The maximum Gasteiger partial charge on any atom is 0.417 e. The molecule has 0 aromatic carbocycles. The molecular weight excluding hydrogens is 152 g/mol. The van der Waals surface area contributed by atoms with Crippen molar-refractivity contribution in [2.75, 3.05) is 6.61 Å². The van der Waals surface area contributed by atoms with Crippen molar-refractivity contribution in [3.05, 3.63) is 5.82 Å². The smallest absolute Gasteiger partial charge is 0.417 e. The number of carbonyl (C=O) groups is 1. The quantitative estimate of drug-likeness (QED) is 0.674. The van der Waals surface area contributed by atoms with E-state index in [4.69, 9.17) is 9.84 Å². The van der Waals surface area contributed by atoms with Crippen molar-refractivity contribution in [2.24, 2.45) is 0 Å². The Labute approximate surface area is 61.8 Å². The molecule has 1 heterocycles. The number of carboxylic acid groups (broad SMARTS) is 1. The van der Waals surface area contributed by atoms with E-state index in [1.807, 2.05) is 0 Å². The zero-order valence-corrected chi connectivity index (χ0v) is 5.77. The predicted octanol–water partition coefficient (Wildman–Crippen LogP) is 0.166. The zero-order valence-electron chi connectivity index (χ0n) is 5.77. The molecule has 1 N–H and O–H groups in total. The van der Waals surface area contributed by atoms with Crippen molar-refractivity contribution in [3.63, 3.8) is 0 Å². The van der Waals surface area contributed by atoms with Crippen molar-refractivity contribution >= 4 is 5.97 Å². The van der Waals surface area contributed by atoms with E-state index in [-0.39, 0.29) is 6.08 Å². The van der Waals surface area contributed by atoms with Gasteiger partial charge in [0.25, 0.3) is 5.82 Å². The van der Waals surface area contributed by atoms with E-state index in [2.05, 4.69) is 14.7 Å². The third-order valence-electron chi connectivity index (χ3n) is 0.866. The van der Waals surface area contributed by atoms with E-state index in [1.165, 1.54) is 0 Å². The van der Waals surface area contributed by atoms with Crippen LogP contribution in [0.1, 0.15) is 17.5 Å². The molecule has 6 heteroatoms. The minimum absolute atomic E-state index is 0.120. The fourth-order valence-corrected chi connectivity index (χ4v) is 0.479. The summed E-state index contributed by atoms with van der Waals surface area (Å²) in [5.41, 5.74) is 0. The highest BCUT2D eigenvalue weighted by molar-refractivity contribution is 5.82. The Morgan fingerprint density at radius 2 is 2.55 bits per heavy atom. The molecule has 0 fully saturated rings. The standard InChI is InChI=1S/C5H6N2O4/c1-2-10-5-6-3(4(8)9)7-11-5/h2H2,1H3,(H,8,9). The second-order valence-corrected chi connectivity index (χ2v) is 1.62. The van der Waals surface area contributed by atoms with Crippen LogP contribution in [-0.4, -0.2) is 27.8 Å². The number of carboxylic acids is 1. The average Bonchev–Trinajstić information content (AvgIpc) is 2.37. The number of aromatic carboxylic acids is 1. The Bertz CT molecular complexity index is 257. The van der Waals surface area contributed by atoms with Gasteiger partial charge >= 0.3 is 12.0 Å². The third kappa shape index (κ3) is 1.66. The molecule has 11 heavy (non-hydrogen) atoms. The average molecular weight is 158 g/mol. The maximum atomic E-state index is 10.2. The fraction of sp³-hybridized carbons (Fsp3) is 0.400. The maximum absolute atomic E-state index is 10.2. The van der Waals surface area contributed by atoms with Crippen LogP contribution in [0.2, 0.25) is 0 Å². The number of hydrogen-bond acceptors (Lipinski definition) is 5. The third-order valence-corrected chi connectivity index (χ3v) is 0.866. The topological polar surface area (TPSA) is 85.5 Å². The summed E-state index contributed by atoms with van der Waals surface area (Å²) in [7, 11) is 0. The highest BCUT2D eigenvalue weighted by atomic mass is 16.6. The molecule has 6 nitrogen and oxygen atoms in total. The molecular formula is C5H6N2O4. The van der Waals surface area contributed by atoms with Crippen LogP contribution in [0.4, 0.5) is 0 Å². The lowest BCUT2D eigenvalue weighted by molar-refractivity contribution is 0.0680. The fourth-order valence-electron chi connectivity index (χ4n) is 0.479. The van der Waals surface area contributed by atoms with Crippen LogP contribution in [0, 0.1) is 0 Å². The molecule has 0 radical (unpaired) electrons. The Balaban J connectivity index is 2.73. The van der Waals surface area contributed by atoms with Gasteiger partial charge in [-0.05, 0) is 12.1 Å². The lowest BCUT2D eigenvalue weighted by atomic mass is 10.6. The number of nitrogens with zero attached hydrogens (tertiary/aromatic N) is 2. The highest BCUT2D eigenvalue weighted by Gasteiger charge is 2.12. The van der Waals surface area contributed by atoms with Gasteiger partial charge < -0.3 is 9.84 Å². The second-order valence-electron chi connectivity index (χ2n) is 1.62. The minimum atomic E-state index is -1.24. The van der Waals surface area contributed by atoms with Crippen LogP contribution in [0.3, 0.4) is 0 Å². The first kappa shape index (κ1) is 7.52. The van der Waals surface area contributed by atoms with Gasteiger partial charge in [-0.25, -0.2) is 4.79 Å². The molecule has 1 rings (SSSR count). The summed E-state index contributed by atoms with van der Waals surface area (Å²) in [5.74, 6) is -1.63. The summed E-state index contributed by atoms with van der Waals surface area (Å²) in [4.78, 5) is 13.6. The van der Waals surface area contributed by atoms with Crippen molar-refractivity contribution in [3.8, 4) is 6.08 Å². The zero-order chi connectivity index (χ0) is 8.27. The van der Waals surface area contributed by atoms with E-state index >= 15 is 0 Å². The van der Waals surface area contributed by atoms with E-state index in [0.29, 0.717) is 6.61 Å². The second kappa shape index (κ2) is 3.00. The van der Waals surface area contributed by atoms with Crippen molar-refractivity contribution in [1.82, 2.24) is 10.1 Å². The summed E-state index contributed by atoms with van der Waals surface area (Å²) in [5, 5.41) is 11.4. The Morgan fingerprint density at radius 1 is 1.82 bits per heavy atom. The van der Waals surface area contributed by atoms with E-state index < -0.39 is 11.8 Å². The van der Waals surface area contributed by atoms with Crippen LogP contribution in [0.5, 0.6) is 6.08 Å². The van der Waals surface area contributed by atoms with Gasteiger partial charge in [0.2, 0.25) is 0 Å². The molecule has 0 atom stereocenters. The van der Waals surface area contributed by atoms with Crippen LogP contribution < -0.4 is 4.74 Å². The van der Waals surface area contributed by atoms with Crippen molar-refractivity contribution in [2.45, 2.75) is 6.92 Å². The molecule has 0 aliphatic heterocycles. The molecule has 0 unspecified atom stereocenters. The van der Waals surface area contributed by atoms with Crippen LogP contribution in [0.25, 0.3) is 0 Å². The van der Waals surface area contributed by atoms with Gasteiger partial charge in [0.15, 0.2) is 0 Å². The van der Waals surface area contributed by atoms with Gasteiger partial charge in [0.05, 0.1) is 6.61 Å². The number of ether oxygens (including phenoxy) is 1. The molecule has 0 saturated heterocycles. The Hall–Kier alpha value is -1.59. The highest BCUT2D eigenvalue weighted by Crippen LogP contribution is 2.05. The number of aromatic nitrogens is 2. The molecule has 1 aromatic heterocycles. The summed E-state index contributed by atoms with van der Waals surface area (Å²) in [6.07, 6.45) is -0.120. The summed E-state index contributed by atoms with van der Waals surface area (Å²) in [6.45, 7) is 2.09. The van der Waals surface area contributed by atoms with Gasteiger partial charge in [-0.15, -0.1) is 4.98 Å².